The minimum atomic E-state index is -2.46. The molecule has 3 N–H and O–H groups in total. The molecule has 14 unspecified atom stereocenters. The van der Waals surface area contributed by atoms with Gasteiger partial charge < -0.3 is 39.4 Å². The number of piperidine rings is 1. The highest BCUT2D eigenvalue weighted by atomic mass is 16.7. The van der Waals surface area contributed by atoms with Gasteiger partial charge in [0.05, 0.1) is 18.3 Å². The first-order valence-corrected chi connectivity index (χ1v) is 22.7. The van der Waals surface area contributed by atoms with Crippen LogP contribution >= 0.6 is 0 Å². The number of amides is 1. The Kier molecular flexibility index (Phi) is 18.8. The minimum Gasteiger partial charge on any atom is -0.456 e. The molecule has 1 saturated carbocycles. The number of hydrogen-bond donors (Lipinski definition) is 2. The molecule has 12 nitrogen and oxygen atoms in total. The molecule has 1 amide bonds. The summed E-state index contributed by atoms with van der Waals surface area (Å²) in [7, 11) is 3.12. The van der Waals surface area contributed by atoms with Crippen LogP contribution in [0.4, 0.5) is 0 Å². The quantitative estimate of drug-likeness (QED) is 0.141. The molecule has 3 aliphatic heterocycles. The van der Waals surface area contributed by atoms with Gasteiger partial charge in [-0.2, -0.15) is 0 Å². The number of Topliss-reactive ketones (excluding diaryl/α,β-unsaturated/α-hetero) is 2. The van der Waals surface area contributed by atoms with Gasteiger partial charge in [-0.25, -0.2) is 4.79 Å². The lowest BCUT2D eigenvalue weighted by molar-refractivity contribution is -0.302. The van der Waals surface area contributed by atoms with Crippen molar-refractivity contribution in [1.29, 1.82) is 0 Å². The van der Waals surface area contributed by atoms with E-state index in [-0.39, 0.29) is 54.6 Å². The third kappa shape index (κ3) is 12.6. The SMILES string of the molecule is CCC(C)COC1CC(C=C(C)C2OC(=O)C3CCCCN3C(=O)C(=O)C3(O)OC(C(OC)CC(C)CC(C)=CC(CC)C(=O)CCC2C)C(OC)CC3C)CCC1N. The van der Waals surface area contributed by atoms with Crippen molar-refractivity contribution in [3.63, 3.8) is 0 Å². The first kappa shape index (κ1) is 49.2. The fraction of sp³-hybridized carbons (Fsp3) is 0.830. The van der Waals surface area contributed by atoms with Crippen LogP contribution in [-0.2, 0) is 42.9 Å². The van der Waals surface area contributed by atoms with Gasteiger partial charge in [0.1, 0.15) is 24.0 Å². The molecule has 2 saturated heterocycles. The van der Waals surface area contributed by atoms with Crippen molar-refractivity contribution in [2.24, 2.45) is 41.2 Å². The zero-order valence-corrected chi connectivity index (χ0v) is 37.9. The predicted octanol–water partition coefficient (Wildman–Crippen LogP) is 6.88. The number of methoxy groups -OCH3 is 2. The number of carbonyl (C=O) groups is 4. The Labute approximate surface area is 354 Å². The van der Waals surface area contributed by atoms with Crippen molar-refractivity contribution >= 4 is 23.4 Å². The molecule has 0 radical (unpaired) electrons. The summed E-state index contributed by atoms with van der Waals surface area (Å²) in [4.78, 5) is 58.1. The monoisotopic (exact) mass is 831 g/mol. The molecule has 4 rings (SSSR count). The molecule has 1 aliphatic carbocycles. The molecule has 2 bridgehead atoms. The van der Waals surface area contributed by atoms with Crippen molar-refractivity contribution in [3.8, 4) is 0 Å². The number of allylic oxidation sites excluding steroid dienone is 3. The normalized spacial score (nSPS) is 38.5. The van der Waals surface area contributed by atoms with Crippen LogP contribution in [0.5, 0.6) is 0 Å². The predicted molar refractivity (Wildman–Crippen MR) is 227 cm³/mol. The molecule has 0 spiro atoms. The summed E-state index contributed by atoms with van der Waals surface area (Å²) in [5, 5.41) is 12.1. The molecule has 0 aromatic heterocycles. The molecule has 12 heteroatoms. The highest BCUT2D eigenvalue weighted by Crippen LogP contribution is 2.39. The fourth-order valence-electron chi connectivity index (χ4n) is 9.78. The van der Waals surface area contributed by atoms with Crippen molar-refractivity contribution in [1.82, 2.24) is 4.90 Å². The average molecular weight is 831 g/mol. The van der Waals surface area contributed by atoms with Gasteiger partial charge in [0.15, 0.2) is 0 Å². The molecule has 0 aromatic rings. The van der Waals surface area contributed by atoms with E-state index in [1.54, 1.807) is 21.1 Å². The second-order valence-electron chi connectivity index (χ2n) is 18.7. The van der Waals surface area contributed by atoms with E-state index in [1.807, 2.05) is 27.7 Å². The molecule has 0 aromatic carbocycles. The number of aliphatic hydroxyl groups is 1. The zero-order chi connectivity index (χ0) is 43.6. The number of esters is 1. The van der Waals surface area contributed by atoms with Gasteiger partial charge in [0, 0.05) is 51.7 Å². The zero-order valence-electron chi connectivity index (χ0n) is 37.9. The maximum atomic E-state index is 14.4. The van der Waals surface area contributed by atoms with Crippen molar-refractivity contribution in [2.75, 3.05) is 27.4 Å². The fourth-order valence-corrected chi connectivity index (χ4v) is 9.78. The van der Waals surface area contributed by atoms with Crippen LogP contribution in [0.15, 0.2) is 23.3 Å². The summed E-state index contributed by atoms with van der Waals surface area (Å²) >= 11 is 0. The van der Waals surface area contributed by atoms with Gasteiger partial charge in [0.25, 0.3) is 11.7 Å². The van der Waals surface area contributed by atoms with Gasteiger partial charge in [-0.3, -0.25) is 14.4 Å². The number of carbonyl (C=O) groups excluding carboxylic acids is 4. The number of hydrogen-bond acceptors (Lipinski definition) is 11. The number of cyclic esters (lactones) is 1. The molecular formula is C47H78N2O10. The third-order valence-electron chi connectivity index (χ3n) is 13.8. The third-order valence-corrected chi connectivity index (χ3v) is 13.8. The lowest BCUT2D eigenvalue weighted by atomic mass is 9.81. The Balaban J connectivity index is 1.71. The molecule has 4 aliphatic rings. The second kappa shape index (κ2) is 22.6. The largest absolute Gasteiger partial charge is 0.456 e. The van der Waals surface area contributed by atoms with E-state index in [4.69, 9.17) is 29.4 Å². The summed E-state index contributed by atoms with van der Waals surface area (Å²) in [6.45, 7) is 17.0. The Morgan fingerprint density at radius 2 is 1.69 bits per heavy atom. The van der Waals surface area contributed by atoms with Crippen LogP contribution in [0.25, 0.3) is 0 Å². The van der Waals surface area contributed by atoms with E-state index < -0.39 is 59.8 Å². The molecule has 59 heavy (non-hydrogen) atoms. The van der Waals surface area contributed by atoms with E-state index in [1.165, 1.54) is 4.90 Å². The average Bonchev–Trinajstić information content (AvgIpc) is 3.22. The summed E-state index contributed by atoms with van der Waals surface area (Å²) in [5.74, 6) is -5.55. The number of ketones is 2. The van der Waals surface area contributed by atoms with E-state index >= 15 is 0 Å². The number of rotatable bonds is 9. The Morgan fingerprint density at radius 1 is 1.00 bits per heavy atom. The van der Waals surface area contributed by atoms with Crippen molar-refractivity contribution < 1.29 is 48.0 Å². The summed E-state index contributed by atoms with van der Waals surface area (Å²) < 4.78 is 30.8. The Hall–Kier alpha value is -2.48. The van der Waals surface area contributed by atoms with Crippen LogP contribution in [-0.4, -0.2) is 109 Å². The van der Waals surface area contributed by atoms with Crippen LogP contribution in [0.2, 0.25) is 0 Å². The number of nitrogens with zero attached hydrogens (tertiary/aromatic N) is 1. The molecular weight excluding hydrogens is 753 g/mol. The van der Waals surface area contributed by atoms with Gasteiger partial charge in [-0.15, -0.1) is 0 Å². The lowest BCUT2D eigenvalue weighted by Gasteiger charge is -2.47. The van der Waals surface area contributed by atoms with Crippen LogP contribution in [0, 0.1) is 35.5 Å². The smallest absolute Gasteiger partial charge is 0.329 e. The Morgan fingerprint density at radius 3 is 2.36 bits per heavy atom. The maximum Gasteiger partial charge on any atom is 0.329 e. The van der Waals surface area contributed by atoms with Crippen molar-refractivity contribution in [3.05, 3.63) is 23.3 Å². The van der Waals surface area contributed by atoms with E-state index in [2.05, 4.69) is 32.9 Å². The minimum absolute atomic E-state index is 0.0420. The first-order valence-electron chi connectivity index (χ1n) is 22.7. The molecule has 3 heterocycles. The van der Waals surface area contributed by atoms with Crippen LogP contribution in [0.3, 0.4) is 0 Å². The van der Waals surface area contributed by atoms with Gasteiger partial charge in [-0.05, 0) is 114 Å². The van der Waals surface area contributed by atoms with Gasteiger partial charge >= 0.3 is 5.97 Å². The molecule has 336 valence electrons. The maximum absolute atomic E-state index is 14.4. The number of ether oxygens (including phenoxy) is 5. The highest BCUT2D eigenvalue weighted by molar-refractivity contribution is 6.39. The lowest BCUT2D eigenvalue weighted by Crippen LogP contribution is -2.64. The van der Waals surface area contributed by atoms with Crippen LogP contribution < -0.4 is 5.73 Å². The molecule has 14 atom stereocenters. The number of fused-ring (bicyclic) bond motifs is 3. The number of nitrogens with two attached hydrogens (primary N) is 1. The topological polar surface area (TPSA) is 164 Å². The van der Waals surface area contributed by atoms with E-state index in [9.17, 15) is 24.3 Å². The molecule has 3 fully saturated rings. The standard InChI is InChI=1S/C47H78N2O10/c1-11-28(3)27-57-39-26-34(17-18-36(39)48)24-32(7)42-31(6)16-19-38(50)35(12-2)22-29(4)21-30(5)23-40(55-9)43-41(56-10)25-33(8)47(54,59-43)44(51)45(52)49-20-14-13-15-37(49)46(53)58-42/h22,24,28,30-31,33-37,39-43,54H,11-21,23,25-27,48H2,1-10H3. The second-order valence-corrected chi connectivity index (χ2v) is 18.7. The van der Waals surface area contributed by atoms with E-state index in [0.717, 1.165) is 36.8 Å². The summed E-state index contributed by atoms with van der Waals surface area (Å²) in [6, 6.07) is -1.07. The highest BCUT2D eigenvalue weighted by Gasteiger charge is 2.56. The Bertz CT molecular complexity index is 1480. The summed E-state index contributed by atoms with van der Waals surface area (Å²) in [5.41, 5.74) is 8.50. The van der Waals surface area contributed by atoms with E-state index in [0.29, 0.717) is 63.9 Å². The van der Waals surface area contributed by atoms with Crippen LogP contribution in [0.1, 0.15) is 139 Å². The van der Waals surface area contributed by atoms with Gasteiger partial charge in [-0.1, -0.05) is 65.7 Å². The first-order chi connectivity index (χ1) is 28.0. The van der Waals surface area contributed by atoms with Crippen molar-refractivity contribution in [2.45, 2.75) is 187 Å². The summed E-state index contributed by atoms with van der Waals surface area (Å²) in [6.07, 6.45) is 9.64. The van der Waals surface area contributed by atoms with Gasteiger partial charge in [0.2, 0.25) is 5.79 Å².